The maximum Gasteiger partial charge on any atom is 0.249 e. The average molecular weight is 346 g/mol. The number of amides is 1. The molecule has 3 N–H and O–H groups in total. The van der Waals surface area contributed by atoms with E-state index < -0.39 is 6.10 Å². The molecule has 2 aliphatic rings. The van der Waals surface area contributed by atoms with Gasteiger partial charge in [-0.15, -0.1) is 0 Å². The highest BCUT2D eigenvalue weighted by molar-refractivity contribution is 5.80. The molecule has 1 aromatic carbocycles. The van der Waals surface area contributed by atoms with E-state index in [9.17, 15) is 15.0 Å². The maximum absolute atomic E-state index is 12.3. The average Bonchev–Trinajstić information content (AvgIpc) is 3.00. The van der Waals surface area contributed by atoms with Gasteiger partial charge in [-0.2, -0.15) is 0 Å². The molecular formula is C20H30N2O3. The number of nitrogens with one attached hydrogen (secondary N) is 1. The highest BCUT2D eigenvalue weighted by Crippen LogP contribution is 2.26. The Kier molecular flexibility index (Phi) is 6.45. The van der Waals surface area contributed by atoms with Gasteiger partial charge in [-0.3, -0.25) is 9.69 Å². The fourth-order valence-electron chi connectivity index (χ4n) is 4.17. The van der Waals surface area contributed by atoms with Gasteiger partial charge in [-0.1, -0.05) is 49.6 Å². The minimum atomic E-state index is -0.894. The highest BCUT2D eigenvalue weighted by atomic mass is 16.3. The number of aliphatic hydroxyl groups excluding tert-OH is 2. The molecule has 2 fully saturated rings. The smallest absolute Gasteiger partial charge is 0.249 e. The number of carbonyl (C=O) groups excluding carboxylic acids is 1. The van der Waals surface area contributed by atoms with Crippen molar-refractivity contribution in [2.75, 3.05) is 13.1 Å². The Bertz CT molecular complexity index is 545. The van der Waals surface area contributed by atoms with Gasteiger partial charge >= 0.3 is 0 Å². The molecule has 25 heavy (non-hydrogen) atoms. The molecular weight excluding hydrogens is 316 g/mol. The van der Waals surface area contributed by atoms with Crippen LogP contribution in [-0.2, 0) is 11.3 Å². The van der Waals surface area contributed by atoms with Crippen LogP contribution in [0.2, 0.25) is 0 Å². The lowest BCUT2D eigenvalue weighted by Gasteiger charge is -2.28. The minimum absolute atomic E-state index is 0.100. The van der Waals surface area contributed by atoms with Crippen LogP contribution in [0.25, 0.3) is 0 Å². The van der Waals surface area contributed by atoms with Crippen LogP contribution in [0.4, 0.5) is 0 Å². The van der Waals surface area contributed by atoms with Crippen LogP contribution in [0, 0.1) is 5.92 Å². The number of benzene rings is 1. The van der Waals surface area contributed by atoms with Gasteiger partial charge in [0.05, 0.1) is 6.10 Å². The largest absolute Gasteiger partial charge is 0.392 e. The van der Waals surface area contributed by atoms with E-state index in [1.54, 1.807) is 0 Å². The topological polar surface area (TPSA) is 72.8 Å². The van der Waals surface area contributed by atoms with Crippen molar-refractivity contribution in [1.29, 1.82) is 0 Å². The molecule has 138 valence electrons. The number of β-amino-alcohol motifs (C(OH)–C–C–N with tert-alkyl or cyclic N) is 1. The van der Waals surface area contributed by atoms with Crippen LogP contribution in [-0.4, -0.2) is 52.4 Å². The van der Waals surface area contributed by atoms with E-state index in [4.69, 9.17) is 0 Å². The quantitative estimate of drug-likeness (QED) is 0.733. The van der Waals surface area contributed by atoms with Crippen LogP contribution in [0.3, 0.4) is 0 Å². The fourth-order valence-corrected chi connectivity index (χ4v) is 4.17. The van der Waals surface area contributed by atoms with Gasteiger partial charge in [0.2, 0.25) is 5.91 Å². The standard InChI is InChI=1S/C20H30N2O3/c23-18-11-17(22(14-18)13-15-7-3-1-4-8-15)12-21-20(25)19(24)16-9-5-2-6-10-16/h1,3-4,7-8,16-19,23-24H,2,5-6,9-14H2,(H,21,25)/t17-,18+,19-/m0/s1. The number of nitrogens with zero attached hydrogens (tertiary/aromatic N) is 1. The number of aliphatic hydroxyl groups is 2. The molecule has 1 amide bonds. The molecule has 1 saturated heterocycles. The van der Waals surface area contributed by atoms with Gasteiger partial charge in [0.25, 0.3) is 0 Å². The lowest BCUT2D eigenvalue weighted by atomic mass is 9.85. The second kappa shape index (κ2) is 8.79. The van der Waals surface area contributed by atoms with E-state index in [-0.39, 0.29) is 24.0 Å². The summed E-state index contributed by atoms with van der Waals surface area (Å²) in [7, 11) is 0. The first kappa shape index (κ1) is 18.4. The molecule has 0 bridgehead atoms. The van der Waals surface area contributed by atoms with Crippen LogP contribution in [0.5, 0.6) is 0 Å². The molecule has 1 aliphatic carbocycles. The molecule has 1 aromatic rings. The number of rotatable bonds is 6. The summed E-state index contributed by atoms with van der Waals surface area (Å²) in [5.74, 6) is -0.156. The summed E-state index contributed by atoms with van der Waals surface area (Å²) in [5.41, 5.74) is 1.20. The van der Waals surface area contributed by atoms with Crippen LogP contribution in [0.15, 0.2) is 30.3 Å². The number of hydrogen-bond donors (Lipinski definition) is 3. The van der Waals surface area contributed by atoms with E-state index in [2.05, 4.69) is 22.3 Å². The van der Waals surface area contributed by atoms with Crippen LogP contribution in [0.1, 0.15) is 44.1 Å². The molecule has 1 saturated carbocycles. The zero-order valence-corrected chi connectivity index (χ0v) is 14.8. The predicted molar refractivity (Wildman–Crippen MR) is 96.9 cm³/mol. The number of carbonyl (C=O) groups is 1. The van der Waals surface area contributed by atoms with Crippen molar-refractivity contribution in [3.63, 3.8) is 0 Å². The zero-order chi connectivity index (χ0) is 17.6. The van der Waals surface area contributed by atoms with Crippen molar-refractivity contribution in [3.8, 4) is 0 Å². The van der Waals surface area contributed by atoms with Gasteiger partial charge in [0.15, 0.2) is 0 Å². The molecule has 5 heteroatoms. The SMILES string of the molecule is O=C(NC[C@@H]1C[C@@H](O)CN1Cc1ccccc1)[C@@H](O)C1CCCCC1. The predicted octanol–water partition coefficient (Wildman–Crippen LogP) is 1.68. The van der Waals surface area contributed by atoms with Crippen molar-refractivity contribution >= 4 is 5.91 Å². The summed E-state index contributed by atoms with van der Waals surface area (Å²) < 4.78 is 0. The third-order valence-corrected chi connectivity index (χ3v) is 5.61. The first-order valence-electron chi connectivity index (χ1n) is 9.55. The number of likely N-dealkylation sites (tertiary alicyclic amines) is 1. The minimum Gasteiger partial charge on any atom is -0.392 e. The van der Waals surface area contributed by atoms with Gasteiger partial charge < -0.3 is 15.5 Å². The van der Waals surface area contributed by atoms with E-state index >= 15 is 0 Å². The van der Waals surface area contributed by atoms with Gasteiger partial charge in [0.1, 0.15) is 6.10 Å². The van der Waals surface area contributed by atoms with Crippen LogP contribution < -0.4 is 5.32 Å². The van der Waals surface area contributed by atoms with E-state index in [0.717, 1.165) is 32.2 Å². The van der Waals surface area contributed by atoms with Crippen molar-refractivity contribution < 1.29 is 15.0 Å². The van der Waals surface area contributed by atoms with E-state index in [1.807, 2.05) is 18.2 Å². The Morgan fingerprint density at radius 2 is 1.92 bits per heavy atom. The highest BCUT2D eigenvalue weighted by Gasteiger charge is 2.32. The second-order valence-electron chi connectivity index (χ2n) is 7.55. The van der Waals surface area contributed by atoms with Crippen molar-refractivity contribution in [1.82, 2.24) is 10.2 Å². The molecule has 0 radical (unpaired) electrons. The summed E-state index contributed by atoms with van der Waals surface area (Å²) in [5, 5.41) is 23.2. The summed E-state index contributed by atoms with van der Waals surface area (Å²) in [6.45, 7) is 1.87. The van der Waals surface area contributed by atoms with Gasteiger partial charge in [-0.25, -0.2) is 0 Å². The van der Waals surface area contributed by atoms with E-state index in [1.165, 1.54) is 12.0 Å². The zero-order valence-electron chi connectivity index (χ0n) is 14.8. The Labute approximate surface area is 150 Å². The lowest BCUT2D eigenvalue weighted by molar-refractivity contribution is -0.132. The van der Waals surface area contributed by atoms with Gasteiger partial charge in [0, 0.05) is 25.7 Å². The molecule has 3 rings (SSSR count). The Balaban J connectivity index is 1.50. The Hall–Kier alpha value is -1.43. The van der Waals surface area contributed by atoms with Crippen molar-refractivity contribution in [2.24, 2.45) is 5.92 Å². The summed E-state index contributed by atoms with van der Waals surface area (Å²) in [6.07, 6.45) is 4.71. The molecule has 0 spiro atoms. The normalized spacial score (nSPS) is 26.5. The Morgan fingerprint density at radius 3 is 2.64 bits per heavy atom. The molecule has 1 heterocycles. The second-order valence-corrected chi connectivity index (χ2v) is 7.55. The molecule has 0 unspecified atom stereocenters. The molecule has 3 atom stereocenters. The Morgan fingerprint density at radius 1 is 1.20 bits per heavy atom. The summed E-state index contributed by atoms with van der Waals surface area (Å²) in [4.78, 5) is 14.5. The number of hydrogen-bond acceptors (Lipinski definition) is 4. The third kappa shape index (κ3) is 5.03. The van der Waals surface area contributed by atoms with Crippen LogP contribution >= 0.6 is 0 Å². The van der Waals surface area contributed by atoms with Gasteiger partial charge in [-0.05, 0) is 30.7 Å². The molecule has 0 aromatic heterocycles. The molecule has 5 nitrogen and oxygen atoms in total. The summed E-state index contributed by atoms with van der Waals surface area (Å²) >= 11 is 0. The van der Waals surface area contributed by atoms with E-state index in [0.29, 0.717) is 19.5 Å². The lowest BCUT2D eigenvalue weighted by Crippen LogP contribution is -2.45. The summed E-state index contributed by atoms with van der Waals surface area (Å²) in [6, 6.07) is 10.3. The molecule has 1 aliphatic heterocycles. The van der Waals surface area contributed by atoms with Crippen molar-refractivity contribution in [3.05, 3.63) is 35.9 Å². The monoisotopic (exact) mass is 346 g/mol. The first-order chi connectivity index (χ1) is 12.1. The third-order valence-electron chi connectivity index (χ3n) is 5.61. The first-order valence-corrected chi connectivity index (χ1v) is 9.55. The fraction of sp³-hybridized carbons (Fsp3) is 0.650. The van der Waals surface area contributed by atoms with Crippen molar-refractivity contribution in [2.45, 2.75) is 63.3 Å². The maximum atomic E-state index is 12.3.